The van der Waals surface area contributed by atoms with Gasteiger partial charge >= 0.3 is 0 Å². The number of anilines is 2. The molecule has 1 aliphatic rings. The lowest BCUT2D eigenvalue weighted by Crippen LogP contribution is -2.50. The zero-order valence-electron chi connectivity index (χ0n) is 20.4. The molecular weight excluding hydrogens is 468 g/mol. The van der Waals surface area contributed by atoms with Crippen molar-refractivity contribution >= 4 is 52.1 Å². The molecule has 0 unspecified atom stereocenters. The van der Waals surface area contributed by atoms with Gasteiger partial charge in [0.05, 0.1) is 10.7 Å². The molecular formula is C26H33ClN4O2S. The van der Waals surface area contributed by atoms with E-state index in [1.165, 1.54) is 0 Å². The molecule has 0 radical (unpaired) electrons. The van der Waals surface area contributed by atoms with Gasteiger partial charge in [-0.25, -0.2) is 0 Å². The van der Waals surface area contributed by atoms with Crippen molar-refractivity contribution in [3.8, 4) is 0 Å². The molecule has 1 fully saturated rings. The molecule has 0 bridgehead atoms. The number of nitrogens with one attached hydrogen (secondary N) is 2. The Hall–Kier alpha value is -2.64. The first-order chi connectivity index (χ1) is 16.0. The molecule has 1 aliphatic heterocycles. The second kappa shape index (κ2) is 10.7. The molecule has 0 saturated carbocycles. The minimum absolute atomic E-state index is 0.00711. The van der Waals surface area contributed by atoms with E-state index in [9.17, 15) is 9.59 Å². The van der Waals surface area contributed by atoms with Crippen LogP contribution in [-0.4, -0.2) is 48.0 Å². The molecule has 2 amide bonds. The van der Waals surface area contributed by atoms with E-state index in [4.69, 9.17) is 23.8 Å². The smallest absolute Gasteiger partial charge is 0.257 e. The fraction of sp³-hybridized carbons (Fsp3) is 0.423. The van der Waals surface area contributed by atoms with E-state index in [0.29, 0.717) is 29.4 Å². The number of hydrogen-bond donors (Lipinski definition) is 2. The molecule has 182 valence electrons. The van der Waals surface area contributed by atoms with Crippen molar-refractivity contribution in [1.82, 2.24) is 10.2 Å². The first-order valence-corrected chi connectivity index (χ1v) is 12.3. The van der Waals surface area contributed by atoms with Gasteiger partial charge in [-0.1, -0.05) is 58.4 Å². The maximum absolute atomic E-state index is 12.6. The molecule has 8 heteroatoms. The standard InChI is InChI=1S/C26H33ClN4O2S/c1-17(2)24(33)31-14-12-30(13-15-31)22-11-10-20(16-21(22)27)28-25(34)29-23(32)18-6-8-19(9-7-18)26(3,4)5/h6-11,16-17H,12-15H2,1-5H3,(H2,28,29,32,34). The molecule has 0 atom stereocenters. The van der Waals surface area contributed by atoms with E-state index < -0.39 is 0 Å². The third-order valence-electron chi connectivity index (χ3n) is 5.87. The largest absolute Gasteiger partial charge is 0.367 e. The van der Waals surface area contributed by atoms with Crippen LogP contribution < -0.4 is 15.5 Å². The van der Waals surface area contributed by atoms with Crippen molar-refractivity contribution in [2.45, 2.75) is 40.0 Å². The Balaban J connectivity index is 1.56. The number of carbonyl (C=O) groups excluding carboxylic acids is 2. The van der Waals surface area contributed by atoms with Crippen LogP contribution in [0.3, 0.4) is 0 Å². The highest BCUT2D eigenvalue weighted by molar-refractivity contribution is 7.80. The van der Waals surface area contributed by atoms with Crippen LogP contribution >= 0.6 is 23.8 Å². The van der Waals surface area contributed by atoms with Gasteiger partial charge in [0.25, 0.3) is 5.91 Å². The van der Waals surface area contributed by atoms with Crippen molar-refractivity contribution in [3.05, 3.63) is 58.6 Å². The first-order valence-electron chi connectivity index (χ1n) is 11.5. The molecule has 1 heterocycles. The number of hydrogen-bond acceptors (Lipinski definition) is 4. The monoisotopic (exact) mass is 500 g/mol. The number of nitrogens with zero attached hydrogens (tertiary/aromatic N) is 2. The summed E-state index contributed by atoms with van der Waals surface area (Å²) in [6.07, 6.45) is 0. The summed E-state index contributed by atoms with van der Waals surface area (Å²) in [7, 11) is 0. The van der Waals surface area contributed by atoms with Crippen molar-refractivity contribution in [2.24, 2.45) is 5.92 Å². The van der Waals surface area contributed by atoms with Gasteiger partial charge in [-0.15, -0.1) is 0 Å². The van der Waals surface area contributed by atoms with Crippen LogP contribution in [0.15, 0.2) is 42.5 Å². The molecule has 2 N–H and O–H groups in total. The predicted octanol–water partition coefficient (Wildman–Crippen LogP) is 5.07. The number of thiocarbonyl (C=S) groups is 1. The Morgan fingerprint density at radius 3 is 2.15 bits per heavy atom. The van der Waals surface area contributed by atoms with Crippen LogP contribution in [0.4, 0.5) is 11.4 Å². The van der Waals surface area contributed by atoms with E-state index in [-0.39, 0.29) is 28.3 Å². The molecule has 0 spiro atoms. The van der Waals surface area contributed by atoms with E-state index in [0.717, 1.165) is 24.3 Å². The van der Waals surface area contributed by atoms with Crippen molar-refractivity contribution in [2.75, 3.05) is 36.4 Å². The lowest BCUT2D eigenvalue weighted by molar-refractivity contribution is -0.134. The maximum atomic E-state index is 12.6. The normalized spacial score (nSPS) is 14.2. The summed E-state index contributed by atoms with van der Waals surface area (Å²) in [5.41, 5.74) is 3.33. The molecule has 6 nitrogen and oxygen atoms in total. The number of piperazine rings is 1. The highest BCUT2D eigenvalue weighted by Crippen LogP contribution is 2.30. The number of carbonyl (C=O) groups is 2. The average molecular weight is 501 g/mol. The molecule has 0 aliphatic carbocycles. The summed E-state index contributed by atoms with van der Waals surface area (Å²) in [6.45, 7) is 13.1. The Morgan fingerprint density at radius 2 is 1.62 bits per heavy atom. The topological polar surface area (TPSA) is 64.7 Å². The van der Waals surface area contributed by atoms with Crippen LogP contribution in [0, 0.1) is 5.92 Å². The van der Waals surface area contributed by atoms with Crippen LogP contribution in [0.1, 0.15) is 50.5 Å². The molecule has 1 saturated heterocycles. The van der Waals surface area contributed by atoms with Gasteiger partial charge in [-0.05, 0) is 53.5 Å². The summed E-state index contributed by atoms with van der Waals surface area (Å²) in [4.78, 5) is 28.8. The van der Waals surface area contributed by atoms with Crippen molar-refractivity contribution in [3.63, 3.8) is 0 Å². The van der Waals surface area contributed by atoms with Gasteiger partial charge < -0.3 is 15.1 Å². The van der Waals surface area contributed by atoms with Gasteiger partial charge in [0, 0.05) is 43.3 Å². The molecule has 34 heavy (non-hydrogen) atoms. The maximum Gasteiger partial charge on any atom is 0.257 e. The SMILES string of the molecule is CC(C)C(=O)N1CCN(c2ccc(NC(=S)NC(=O)c3ccc(C(C)(C)C)cc3)cc2Cl)CC1. The van der Waals surface area contributed by atoms with E-state index in [2.05, 4.69) is 36.3 Å². The number of halogens is 1. The second-order valence-corrected chi connectivity index (χ2v) is 10.7. The first kappa shape index (κ1) is 26.0. The van der Waals surface area contributed by atoms with Crippen molar-refractivity contribution < 1.29 is 9.59 Å². The van der Waals surface area contributed by atoms with E-state index in [1.54, 1.807) is 18.2 Å². The summed E-state index contributed by atoms with van der Waals surface area (Å²) in [6, 6.07) is 13.1. The Labute approximate surface area is 212 Å². The highest BCUT2D eigenvalue weighted by Gasteiger charge is 2.24. The summed E-state index contributed by atoms with van der Waals surface area (Å²) in [5.74, 6) is -0.0758. The van der Waals surface area contributed by atoms with E-state index >= 15 is 0 Å². The summed E-state index contributed by atoms with van der Waals surface area (Å²) in [5, 5.41) is 6.53. The number of benzene rings is 2. The van der Waals surface area contributed by atoms with Gasteiger partial charge in [-0.2, -0.15) is 0 Å². The zero-order chi connectivity index (χ0) is 25.0. The second-order valence-electron chi connectivity index (χ2n) is 9.87. The van der Waals surface area contributed by atoms with Gasteiger partial charge in [0.2, 0.25) is 5.91 Å². The van der Waals surface area contributed by atoms with Crippen molar-refractivity contribution in [1.29, 1.82) is 0 Å². The summed E-state index contributed by atoms with van der Waals surface area (Å²) < 4.78 is 0. The Kier molecular flexibility index (Phi) is 8.21. The Bertz CT molecular complexity index is 1060. The average Bonchev–Trinajstić information content (AvgIpc) is 2.78. The fourth-order valence-corrected chi connectivity index (χ4v) is 4.34. The summed E-state index contributed by atoms with van der Waals surface area (Å²) >= 11 is 11.9. The van der Waals surface area contributed by atoms with Crippen LogP contribution in [0.5, 0.6) is 0 Å². The lowest BCUT2D eigenvalue weighted by Gasteiger charge is -2.37. The molecule has 2 aromatic carbocycles. The molecule has 0 aromatic heterocycles. The van der Waals surface area contributed by atoms with Gasteiger partial charge in [0.1, 0.15) is 0 Å². The minimum Gasteiger partial charge on any atom is -0.367 e. The van der Waals surface area contributed by atoms with Crippen LogP contribution in [0.2, 0.25) is 5.02 Å². The van der Waals surface area contributed by atoms with E-state index in [1.807, 2.05) is 43.0 Å². The third kappa shape index (κ3) is 6.48. The molecule has 2 aromatic rings. The van der Waals surface area contributed by atoms with Gasteiger partial charge in [0.15, 0.2) is 5.11 Å². The fourth-order valence-electron chi connectivity index (χ4n) is 3.83. The van der Waals surface area contributed by atoms with Gasteiger partial charge in [-0.3, -0.25) is 14.9 Å². The van der Waals surface area contributed by atoms with Crippen LogP contribution in [-0.2, 0) is 10.2 Å². The minimum atomic E-state index is -0.269. The Morgan fingerprint density at radius 1 is 1.00 bits per heavy atom. The predicted molar refractivity (Wildman–Crippen MR) is 144 cm³/mol. The zero-order valence-corrected chi connectivity index (χ0v) is 22.0. The lowest BCUT2D eigenvalue weighted by atomic mass is 9.87. The number of rotatable bonds is 4. The number of amides is 2. The highest BCUT2D eigenvalue weighted by atomic mass is 35.5. The molecule has 3 rings (SSSR count). The quantitative estimate of drug-likeness (QED) is 0.574. The van der Waals surface area contributed by atoms with Crippen LogP contribution in [0.25, 0.3) is 0 Å². The third-order valence-corrected chi connectivity index (χ3v) is 6.38.